The average Bonchev–Trinajstić information content (AvgIpc) is 3.01. The maximum Gasteiger partial charge on any atom is 0.312 e. The predicted molar refractivity (Wildman–Crippen MR) is 126 cm³/mol. The minimum absolute atomic E-state index is 0.00778. The van der Waals surface area contributed by atoms with Crippen LogP contribution in [0, 0.1) is 23.2 Å². The molecule has 3 rings (SSSR count). The van der Waals surface area contributed by atoms with E-state index in [1.807, 2.05) is 0 Å². The number of hydrogen-bond acceptors (Lipinski definition) is 11. The molecular weight excluding hydrogens is 488 g/mol. The molecule has 2 aliphatic carbocycles. The van der Waals surface area contributed by atoms with Crippen molar-refractivity contribution >= 4 is 23.9 Å². The largest absolute Gasteiger partial charge is 0.462 e. The van der Waals surface area contributed by atoms with Crippen LogP contribution in [0.4, 0.5) is 0 Å². The van der Waals surface area contributed by atoms with E-state index in [0.717, 1.165) is 6.92 Å². The molecule has 0 amide bonds. The monoisotopic (exact) mass is 526 g/mol. The Labute approximate surface area is 216 Å². The first-order valence-electron chi connectivity index (χ1n) is 12.6. The number of aliphatic hydroxyl groups excluding tert-OH is 2. The highest BCUT2D eigenvalue weighted by Crippen LogP contribution is 2.56. The average molecular weight is 527 g/mol. The number of rotatable bonds is 4. The zero-order valence-electron chi connectivity index (χ0n) is 22.1. The summed E-state index contributed by atoms with van der Waals surface area (Å²) in [5.74, 6) is -5.49. The van der Waals surface area contributed by atoms with E-state index in [2.05, 4.69) is 0 Å². The number of carbonyl (C=O) groups is 4. The Morgan fingerprint density at radius 3 is 2.16 bits per heavy atom. The Hall–Kier alpha value is -2.50. The summed E-state index contributed by atoms with van der Waals surface area (Å²) in [6.07, 6.45) is -3.85. The molecule has 10 atom stereocenters. The van der Waals surface area contributed by atoms with Crippen molar-refractivity contribution < 1.29 is 53.4 Å². The summed E-state index contributed by atoms with van der Waals surface area (Å²) < 4.78 is 22.8. The van der Waals surface area contributed by atoms with Gasteiger partial charge in [-0.1, -0.05) is 13.8 Å². The maximum atomic E-state index is 12.8. The molecule has 1 aliphatic heterocycles. The van der Waals surface area contributed by atoms with Gasteiger partial charge in [-0.3, -0.25) is 19.2 Å². The van der Waals surface area contributed by atoms with E-state index in [1.54, 1.807) is 13.8 Å². The van der Waals surface area contributed by atoms with Gasteiger partial charge >= 0.3 is 23.9 Å². The molecular formula is C26H38O11. The van der Waals surface area contributed by atoms with Gasteiger partial charge < -0.3 is 34.3 Å². The maximum absolute atomic E-state index is 12.8. The Morgan fingerprint density at radius 2 is 1.62 bits per heavy atom. The molecule has 1 heterocycles. The molecule has 0 aromatic rings. The van der Waals surface area contributed by atoms with Crippen molar-refractivity contribution in [2.75, 3.05) is 6.61 Å². The standard InChI is InChI=1S/C26H38O11/c1-12-18(31)10-20(35-15(4)29)25(6)19(34-14(3)28)8-7-17(11-27)9-21-26(33,13(2)24(32)37-21)23(22(12)25)36-16(5)30/h9,12-13,18-23,27,31,33H,7-8,10-11H2,1-6H3/b17-9+/t12-,13-,18+,19-,20-,21-,22+,23?,25-,26-/m0/s1. The van der Waals surface area contributed by atoms with Crippen LogP contribution in [0.15, 0.2) is 11.6 Å². The molecule has 0 aromatic heterocycles. The Kier molecular flexibility index (Phi) is 8.41. The fraction of sp³-hybridized carbons (Fsp3) is 0.769. The van der Waals surface area contributed by atoms with Gasteiger partial charge in [-0.15, -0.1) is 0 Å². The van der Waals surface area contributed by atoms with E-state index < -0.39 is 89.8 Å². The van der Waals surface area contributed by atoms with Crippen LogP contribution >= 0.6 is 0 Å². The van der Waals surface area contributed by atoms with Crippen LogP contribution in [-0.4, -0.2) is 81.9 Å². The number of esters is 4. The molecule has 0 bridgehead atoms. The Morgan fingerprint density at radius 1 is 1.05 bits per heavy atom. The van der Waals surface area contributed by atoms with Crippen molar-refractivity contribution in [2.24, 2.45) is 23.2 Å². The van der Waals surface area contributed by atoms with E-state index in [-0.39, 0.29) is 19.3 Å². The van der Waals surface area contributed by atoms with Gasteiger partial charge in [0.05, 0.1) is 18.6 Å². The third-order valence-electron chi connectivity index (χ3n) is 8.49. The van der Waals surface area contributed by atoms with Crippen LogP contribution in [0.3, 0.4) is 0 Å². The normalized spacial score (nSPS) is 43.3. The number of carbonyl (C=O) groups excluding carboxylic acids is 4. The second-order valence-corrected chi connectivity index (χ2v) is 10.8. The molecule has 0 radical (unpaired) electrons. The van der Waals surface area contributed by atoms with E-state index in [4.69, 9.17) is 18.9 Å². The fourth-order valence-electron chi connectivity index (χ4n) is 6.52. The van der Waals surface area contributed by atoms with Gasteiger partial charge in [0.2, 0.25) is 0 Å². The van der Waals surface area contributed by atoms with Crippen LogP contribution in [0.2, 0.25) is 0 Å². The molecule has 0 aromatic carbocycles. The van der Waals surface area contributed by atoms with Crippen molar-refractivity contribution in [1.82, 2.24) is 0 Å². The lowest BCUT2D eigenvalue weighted by atomic mass is 9.52. The molecule has 1 saturated heterocycles. The first kappa shape index (κ1) is 29.1. The molecule has 1 unspecified atom stereocenters. The molecule has 3 aliphatic rings. The van der Waals surface area contributed by atoms with Crippen LogP contribution in [-0.2, 0) is 38.1 Å². The highest BCUT2D eigenvalue weighted by molar-refractivity contribution is 5.77. The topological polar surface area (TPSA) is 166 Å². The predicted octanol–water partition coefficient (Wildman–Crippen LogP) is 0.810. The van der Waals surface area contributed by atoms with Gasteiger partial charge in [-0.2, -0.15) is 0 Å². The zero-order chi connectivity index (χ0) is 27.9. The molecule has 1 saturated carbocycles. The summed E-state index contributed by atoms with van der Waals surface area (Å²) in [4.78, 5) is 49.6. The van der Waals surface area contributed by atoms with Gasteiger partial charge in [0.15, 0.2) is 11.7 Å². The smallest absolute Gasteiger partial charge is 0.312 e. The Bertz CT molecular complexity index is 960. The van der Waals surface area contributed by atoms with Crippen molar-refractivity contribution in [2.45, 2.75) is 96.9 Å². The van der Waals surface area contributed by atoms with Crippen LogP contribution in [0.5, 0.6) is 0 Å². The number of fused-ring (bicyclic) bond motifs is 2. The number of aliphatic hydroxyl groups is 3. The van der Waals surface area contributed by atoms with Gasteiger partial charge in [-0.25, -0.2) is 0 Å². The molecule has 3 N–H and O–H groups in total. The first-order chi connectivity index (χ1) is 17.2. The van der Waals surface area contributed by atoms with Crippen LogP contribution in [0.25, 0.3) is 0 Å². The van der Waals surface area contributed by atoms with E-state index in [9.17, 15) is 34.5 Å². The third kappa shape index (κ3) is 5.13. The molecule has 11 heteroatoms. The zero-order valence-corrected chi connectivity index (χ0v) is 22.1. The number of hydrogen-bond donors (Lipinski definition) is 3. The van der Waals surface area contributed by atoms with Gasteiger partial charge in [0, 0.05) is 38.5 Å². The lowest BCUT2D eigenvalue weighted by molar-refractivity contribution is -0.250. The van der Waals surface area contributed by atoms with Gasteiger partial charge in [0.25, 0.3) is 0 Å². The quantitative estimate of drug-likeness (QED) is 0.269. The highest BCUT2D eigenvalue weighted by Gasteiger charge is 2.68. The summed E-state index contributed by atoms with van der Waals surface area (Å²) in [5.41, 5.74) is -2.99. The fourth-order valence-corrected chi connectivity index (χ4v) is 6.52. The molecule has 2 fully saturated rings. The summed E-state index contributed by atoms with van der Waals surface area (Å²) in [6, 6.07) is 0. The minimum atomic E-state index is -2.11. The van der Waals surface area contributed by atoms with Crippen molar-refractivity contribution in [3.63, 3.8) is 0 Å². The van der Waals surface area contributed by atoms with Crippen molar-refractivity contribution in [1.29, 1.82) is 0 Å². The van der Waals surface area contributed by atoms with Crippen molar-refractivity contribution in [3.8, 4) is 0 Å². The molecule has 11 nitrogen and oxygen atoms in total. The highest BCUT2D eigenvalue weighted by atomic mass is 16.6. The number of ether oxygens (including phenoxy) is 4. The molecule has 0 spiro atoms. The Balaban J connectivity index is 2.37. The van der Waals surface area contributed by atoms with Crippen LogP contribution < -0.4 is 0 Å². The SMILES string of the molecule is CC(=O)OC1[C@H]2[C@@H](C)[C@H](O)C[C@H](OC(C)=O)[C@]2(C)[C@@H](OC(C)=O)CC/C(CO)=C\[C@@H]2OC(=O)[C@H](C)[C@@]12O. The summed E-state index contributed by atoms with van der Waals surface area (Å²) >= 11 is 0. The van der Waals surface area contributed by atoms with E-state index in [1.165, 1.54) is 26.8 Å². The van der Waals surface area contributed by atoms with Crippen molar-refractivity contribution in [3.05, 3.63) is 11.6 Å². The minimum Gasteiger partial charge on any atom is -0.462 e. The second-order valence-electron chi connectivity index (χ2n) is 10.8. The second kappa shape index (κ2) is 10.7. The summed E-state index contributed by atoms with van der Waals surface area (Å²) in [5, 5.41) is 33.4. The summed E-state index contributed by atoms with van der Waals surface area (Å²) in [7, 11) is 0. The molecule has 37 heavy (non-hydrogen) atoms. The van der Waals surface area contributed by atoms with E-state index in [0.29, 0.717) is 5.57 Å². The van der Waals surface area contributed by atoms with Gasteiger partial charge in [-0.05, 0) is 37.3 Å². The summed E-state index contributed by atoms with van der Waals surface area (Å²) in [6.45, 7) is 8.05. The van der Waals surface area contributed by atoms with E-state index >= 15 is 0 Å². The van der Waals surface area contributed by atoms with Crippen LogP contribution in [0.1, 0.15) is 60.8 Å². The third-order valence-corrected chi connectivity index (χ3v) is 8.49. The lowest BCUT2D eigenvalue weighted by Crippen LogP contribution is -2.68. The lowest BCUT2D eigenvalue weighted by Gasteiger charge is -2.58. The van der Waals surface area contributed by atoms with Gasteiger partial charge in [0.1, 0.15) is 18.3 Å². The first-order valence-corrected chi connectivity index (χ1v) is 12.6. The molecule has 208 valence electrons.